The topological polar surface area (TPSA) is 84.0 Å². The Labute approximate surface area is 188 Å². The number of hydrogen-bond donors (Lipinski definition) is 0. The van der Waals surface area contributed by atoms with Gasteiger partial charge in [0.1, 0.15) is 30.2 Å². The van der Waals surface area contributed by atoms with Crippen LogP contribution in [0, 0.1) is 11.3 Å². The SMILES string of the molecule is CCC1(c2cccc(Oc3cc(Cn4cnnc4)ccc3C#N)c2)CCCCN(C)C1=O. The van der Waals surface area contributed by atoms with E-state index in [1.54, 1.807) is 18.7 Å². The Morgan fingerprint density at radius 1 is 1.16 bits per heavy atom. The fourth-order valence-corrected chi connectivity index (χ4v) is 4.49. The number of hydrogen-bond acceptors (Lipinski definition) is 5. The van der Waals surface area contributed by atoms with E-state index in [9.17, 15) is 10.1 Å². The molecule has 1 unspecified atom stereocenters. The number of amides is 1. The number of rotatable bonds is 6. The van der Waals surface area contributed by atoms with Crippen LogP contribution in [0.1, 0.15) is 49.3 Å². The van der Waals surface area contributed by atoms with Crippen molar-refractivity contribution in [3.63, 3.8) is 0 Å². The Morgan fingerprint density at radius 2 is 1.97 bits per heavy atom. The highest BCUT2D eigenvalue weighted by atomic mass is 16.5. The standard InChI is InChI=1S/C25H27N5O2/c1-3-25(11-4-5-12-29(2)24(25)31)21-7-6-8-22(14-21)32-23-13-19(9-10-20(23)15-26)16-30-17-27-28-18-30/h6-10,13-14,17-18H,3-5,11-12,16H2,1-2H3. The van der Waals surface area contributed by atoms with Crippen LogP contribution in [0.25, 0.3) is 0 Å². The first-order chi connectivity index (χ1) is 15.6. The number of nitriles is 1. The molecule has 1 aromatic heterocycles. The fourth-order valence-electron chi connectivity index (χ4n) is 4.49. The molecule has 0 spiro atoms. The molecule has 1 aliphatic heterocycles. The van der Waals surface area contributed by atoms with Crippen LogP contribution >= 0.6 is 0 Å². The van der Waals surface area contributed by atoms with E-state index in [0.717, 1.165) is 43.4 Å². The summed E-state index contributed by atoms with van der Waals surface area (Å²) in [6.07, 6.45) is 6.88. The summed E-state index contributed by atoms with van der Waals surface area (Å²) in [6, 6.07) is 15.5. The second kappa shape index (κ2) is 9.23. The molecule has 0 bridgehead atoms. The van der Waals surface area contributed by atoms with Crippen LogP contribution in [0.3, 0.4) is 0 Å². The zero-order chi connectivity index (χ0) is 22.6. The molecule has 2 heterocycles. The Morgan fingerprint density at radius 3 is 2.72 bits per heavy atom. The number of benzene rings is 2. The van der Waals surface area contributed by atoms with Crippen LogP contribution in [0.4, 0.5) is 0 Å². The van der Waals surface area contributed by atoms with E-state index in [0.29, 0.717) is 23.6 Å². The zero-order valence-corrected chi connectivity index (χ0v) is 18.5. The summed E-state index contributed by atoms with van der Waals surface area (Å²) in [5.74, 6) is 1.28. The van der Waals surface area contributed by atoms with Crippen LogP contribution in [-0.4, -0.2) is 39.2 Å². The molecule has 0 aliphatic carbocycles. The van der Waals surface area contributed by atoms with Crippen molar-refractivity contribution < 1.29 is 9.53 Å². The number of likely N-dealkylation sites (N-methyl/N-ethyl adjacent to an activating group) is 1. The fraction of sp³-hybridized carbons (Fsp3) is 0.360. The predicted octanol–water partition coefficient (Wildman–Crippen LogP) is 4.28. The monoisotopic (exact) mass is 429 g/mol. The van der Waals surface area contributed by atoms with Gasteiger partial charge in [-0.1, -0.05) is 31.5 Å². The van der Waals surface area contributed by atoms with Gasteiger partial charge in [0.05, 0.1) is 17.5 Å². The van der Waals surface area contributed by atoms with E-state index >= 15 is 0 Å². The molecule has 1 atom stereocenters. The van der Waals surface area contributed by atoms with Gasteiger partial charge < -0.3 is 14.2 Å². The number of carbonyl (C=O) groups excluding carboxylic acids is 1. The van der Waals surface area contributed by atoms with Crippen LogP contribution in [0.15, 0.2) is 55.1 Å². The maximum absolute atomic E-state index is 13.3. The maximum Gasteiger partial charge on any atom is 0.232 e. The third-order valence-electron chi connectivity index (χ3n) is 6.32. The molecule has 1 aliphatic rings. The Hall–Kier alpha value is -3.66. The first kappa shape index (κ1) is 21.6. The van der Waals surface area contributed by atoms with E-state index in [1.165, 1.54) is 0 Å². The molecule has 0 N–H and O–H groups in total. The van der Waals surface area contributed by atoms with Gasteiger partial charge in [0.2, 0.25) is 5.91 Å². The van der Waals surface area contributed by atoms with Crippen molar-refractivity contribution in [2.24, 2.45) is 0 Å². The van der Waals surface area contributed by atoms with Gasteiger partial charge in [-0.25, -0.2) is 0 Å². The number of ether oxygens (including phenoxy) is 1. The molecular weight excluding hydrogens is 402 g/mol. The zero-order valence-electron chi connectivity index (χ0n) is 18.5. The summed E-state index contributed by atoms with van der Waals surface area (Å²) in [5.41, 5.74) is 1.85. The highest BCUT2D eigenvalue weighted by molar-refractivity contribution is 5.88. The Balaban J connectivity index is 1.65. The van der Waals surface area contributed by atoms with Gasteiger partial charge in [0.15, 0.2) is 0 Å². The molecule has 0 radical (unpaired) electrons. The third kappa shape index (κ3) is 4.22. The van der Waals surface area contributed by atoms with E-state index in [2.05, 4.69) is 23.2 Å². The van der Waals surface area contributed by atoms with Crippen molar-refractivity contribution in [1.29, 1.82) is 5.26 Å². The van der Waals surface area contributed by atoms with E-state index in [4.69, 9.17) is 4.74 Å². The molecule has 1 fully saturated rings. The quantitative estimate of drug-likeness (QED) is 0.584. The van der Waals surface area contributed by atoms with Crippen LogP contribution in [0.2, 0.25) is 0 Å². The molecule has 164 valence electrons. The molecule has 1 saturated heterocycles. The minimum absolute atomic E-state index is 0.170. The molecule has 7 nitrogen and oxygen atoms in total. The second-order valence-electron chi connectivity index (χ2n) is 8.33. The molecule has 32 heavy (non-hydrogen) atoms. The summed E-state index contributed by atoms with van der Waals surface area (Å²) < 4.78 is 8.04. The van der Waals surface area contributed by atoms with Gasteiger partial charge in [-0.2, -0.15) is 5.26 Å². The maximum atomic E-state index is 13.3. The van der Waals surface area contributed by atoms with Crippen molar-refractivity contribution in [3.8, 4) is 17.6 Å². The summed E-state index contributed by atoms with van der Waals surface area (Å²) in [6.45, 7) is 3.45. The summed E-state index contributed by atoms with van der Waals surface area (Å²) in [7, 11) is 1.89. The molecular formula is C25H27N5O2. The predicted molar refractivity (Wildman–Crippen MR) is 120 cm³/mol. The number of nitrogens with zero attached hydrogens (tertiary/aromatic N) is 5. The normalized spacial score (nSPS) is 18.8. The number of aromatic nitrogens is 3. The molecule has 4 rings (SSSR count). The lowest BCUT2D eigenvalue weighted by atomic mass is 9.73. The summed E-state index contributed by atoms with van der Waals surface area (Å²) in [5, 5.41) is 17.2. The lowest BCUT2D eigenvalue weighted by molar-refractivity contribution is -0.135. The molecule has 2 aromatic carbocycles. The minimum atomic E-state index is -0.543. The highest BCUT2D eigenvalue weighted by Gasteiger charge is 2.41. The second-order valence-corrected chi connectivity index (χ2v) is 8.33. The van der Waals surface area contributed by atoms with Gasteiger partial charge in [0.25, 0.3) is 0 Å². The van der Waals surface area contributed by atoms with Gasteiger partial charge in [-0.05, 0) is 54.7 Å². The molecule has 0 saturated carbocycles. The van der Waals surface area contributed by atoms with E-state index in [1.807, 2.05) is 52.9 Å². The smallest absolute Gasteiger partial charge is 0.232 e. The number of likely N-dealkylation sites (tertiary alicyclic amines) is 1. The van der Waals surface area contributed by atoms with E-state index in [-0.39, 0.29) is 5.91 Å². The van der Waals surface area contributed by atoms with Crippen molar-refractivity contribution in [1.82, 2.24) is 19.7 Å². The van der Waals surface area contributed by atoms with Crippen LogP contribution in [0.5, 0.6) is 11.5 Å². The summed E-state index contributed by atoms with van der Waals surface area (Å²) >= 11 is 0. The molecule has 3 aromatic rings. The minimum Gasteiger partial charge on any atom is -0.456 e. The first-order valence-electron chi connectivity index (χ1n) is 10.9. The number of carbonyl (C=O) groups is 1. The van der Waals surface area contributed by atoms with Crippen molar-refractivity contribution in [3.05, 3.63) is 71.8 Å². The largest absolute Gasteiger partial charge is 0.456 e. The van der Waals surface area contributed by atoms with Gasteiger partial charge in [-0.3, -0.25) is 4.79 Å². The Bertz CT molecular complexity index is 1140. The first-order valence-corrected chi connectivity index (χ1v) is 10.9. The Kier molecular flexibility index (Phi) is 6.22. The third-order valence-corrected chi connectivity index (χ3v) is 6.32. The van der Waals surface area contributed by atoms with Gasteiger partial charge in [0, 0.05) is 13.6 Å². The van der Waals surface area contributed by atoms with Crippen molar-refractivity contribution >= 4 is 5.91 Å². The van der Waals surface area contributed by atoms with Crippen molar-refractivity contribution in [2.75, 3.05) is 13.6 Å². The average molecular weight is 430 g/mol. The molecule has 1 amide bonds. The van der Waals surface area contributed by atoms with Crippen molar-refractivity contribution in [2.45, 2.75) is 44.6 Å². The van der Waals surface area contributed by atoms with Gasteiger partial charge >= 0.3 is 0 Å². The lowest BCUT2D eigenvalue weighted by Gasteiger charge is -2.33. The highest BCUT2D eigenvalue weighted by Crippen LogP contribution is 2.39. The summed E-state index contributed by atoms with van der Waals surface area (Å²) in [4.78, 5) is 15.1. The lowest BCUT2D eigenvalue weighted by Crippen LogP contribution is -2.43. The average Bonchev–Trinajstić information content (AvgIpc) is 3.27. The van der Waals surface area contributed by atoms with Crippen LogP contribution in [-0.2, 0) is 16.8 Å². The van der Waals surface area contributed by atoms with Crippen LogP contribution < -0.4 is 4.74 Å². The molecule has 7 heteroatoms. The van der Waals surface area contributed by atoms with Gasteiger partial charge in [-0.15, -0.1) is 10.2 Å². The van der Waals surface area contributed by atoms with E-state index < -0.39 is 5.41 Å².